The molecule has 2 aromatic heterocycles. The number of anilines is 1. The molecule has 0 aromatic carbocycles. The zero-order chi connectivity index (χ0) is 22.4. The molecule has 4 rings (SSSR count). The second-order valence-corrected chi connectivity index (χ2v) is 6.74. The van der Waals surface area contributed by atoms with Crippen molar-refractivity contribution in [2.45, 2.75) is 37.3 Å². The zero-order valence-electron chi connectivity index (χ0n) is 16.5. The van der Waals surface area contributed by atoms with Crippen LogP contribution in [-0.2, 0) is 9.53 Å². The number of alkyl halides is 3. The van der Waals surface area contributed by atoms with Crippen LogP contribution in [0.1, 0.15) is 12.8 Å². The van der Waals surface area contributed by atoms with Gasteiger partial charge in [-0.25, -0.2) is 19.7 Å². The molecule has 0 bridgehead atoms. The first-order valence-electron chi connectivity index (χ1n) is 9.41. The van der Waals surface area contributed by atoms with Crippen molar-refractivity contribution < 1.29 is 37.3 Å². The lowest BCUT2D eigenvalue weighted by molar-refractivity contribution is -0.192. The normalized spacial score (nSPS) is 22.7. The van der Waals surface area contributed by atoms with E-state index in [1.54, 1.807) is 13.3 Å². The quantitative estimate of drug-likeness (QED) is 0.763. The standard InChI is InChI=1S/C17H20N4O3.C2HF3O2/c1-22-16-9-14(19-11-20-16)21-10-13(17-12(21)5-4-8-23-17)24-15-6-2-3-7-18-15;3-2(4,5)1(6)7/h2-3,6-7,9,11-13,17H,4-5,8,10H2,1H3;(H,6,7)/t12-,13+,17+;/m1./s1. The molecule has 2 saturated heterocycles. The molecular formula is C19H21F3N4O5. The number of aliphatic carboxylic acids is 1. The highest BCUT2D eigenvalue weighted by atomic mass is 19.4. The van der Waals surface area contributed by atoms with E-state index in [4.69, 9.17) is 24.1 Å². The van der Waals surface area contributed by atoms with Crippen LogP contribution in [0.15, 0.2) is 36.8 Å². The van der Waals surface area contributed by atoms with Crippen molar-refractivity contribution in [1.82, 2.24) is 15.0 Å². The number of hydrogen-bond donors (Lipinski definition) is 1. The Bertz CT molecular complexity index is 871. The van der Waals surface area contributed by atoms with Crippen LogP contribution in [0.25, 0.3) is 0 Å². The van der Waals surface area contributed by atoms with Crippen LogP contribution < -0.4 is 14.4 Å². The van der Waals surface area contributed by atoms with Gasteiger partial charge in [-0.2, -0.15) is 13.2 Å². The second-order valence-electron chi connectivity index (χ2n) is 6.74. The van der Waals surface area contributed by atoms with Gasteiger partial charge in [0, 0.05) is 24.9 Å². The Morgan fingerprint density at radius 1 is 1.26 bits per heavy atom. The Labute approximate surface area is 175 Å². The van der Waals surface area contributed by atoms with Gasteiger partial charge in [0.25, 0.3) is 0 Å². The third-order valence-electron chi connectivity index (χ3n) is 4.76. The number of ether oxygens (including phenoxy) is 3. The third kappa shape index (κ3) is 5.72. The maximum atomic E-state index is 10.6. The van der Waals surface area contributed by atoms with E-state index < -0.39 is 12.1 Å². The fourth-order valence-corrected chi connectivity index (χ4v) is 3.45. The number of halogens is 3. The molecule has 0 radical (unpaired) electrons. The van der Waals surface area contributed by atoms with E-state index in [2.05, 4.69) is 19.9 Å². The molecule has 0 spiro atoms. The van der Waals surface area contributed by atoms with Crippen LogP contribution in [0.4, 0.5) is 19.0 Å². The van der Waals surface area contributed by atoms with Crippen LogP contribution in [0.5, 0.6) is 11.8 Å². The summed E-state index contributed by atoms with van der Waals surface area (Å²) in [5, 5.41) is 7.12. The minimum Gasteiger partial charge on any atom is -0.481 e. The van der Waals surface area contributed by atoms with Crippen molar-refractivity contribution in [2.75, 3.05) is 25.2 Å². The molecule has 2 fully saturated rings. The lowest BCUT2D eigenvalue weighted by Crippen LogP contribution is -2.42. The van der Waals surface area contributed by atoms with E-state index in [9.17, 15) is 13.2 Å². The average Bonchev–Trinajstić information content (AvgIpc) is 3.13. The molecule has 0 saturated carbocycles. The van der Waals surface area contributed by atoms with Gasteiger partial charge in [-0.05, 0) is 18.9 Å². The van der Waals surface area contributed by atoms with E-state index >= 15 is 0 Å². The molecule has 2 aliphatic rings. The van der Waals surface area contributed by atoms with Crippen LogP contribution in [-0.4, -0.2) is 70.7 Å². The predicted molar refractivity (Wildman–Crippen MR) is 101 cm³/mol. The summed E-state index contributed by atoms with van der Waals surface area (Å²) in [6.45, 7) is 1.47. The summed E-state index contributed by atoms with van der Waals surface area (Å²) in [5.41, 5.74) is 0. The molecule has 0 aliphatic carbocycles. The number of carbonyl (C=O) groups is 1. The molecular weight excluding hydrogens is 421 g/mol. The predicted octanol–water partition coefficient (Wildman–Crippen LogP) is 2.33. The van der Waals surface area contributed by atoms with E-state index in [1.807, 2.05) is 24.3 Å². The van der Waals surface area contributed by atoms with Crippen molar-refractivity contribution >= 4 is 11.8 Å². The van der Waals surface area contributed by atoms with Crippen molar-refractivity contribution in [2.24, 2.45) is 0 Å². The maximum Gasteiger partial charge on any atom is 0.490 e. The summed E-state index contributed by atoms with van der Waals surface area (Å²) in [6, 6.07) is 7.76. The molecule has 9 nitrogen and oxygen atoms in total. The molecule has 3 atom stereocenters. The van der Waals surface area contributed by atoms with E-state index in [-0.39, 0.29) is 18.2 Å². The van der Waals surface area contributed by atoms with E-state index in [0.717, 1.165) is 25.3 Å². The van der Waals surface area contributed by atoms with E-state index in [0.29, 0.717) is 18.3 Å². The number of carboxylic acid groups (broad SMARTS) is 1. The fourth-order valence-electron chi connectivity index (χ4n) is 3.45. The topological polar surface area (TPSA) is 107 Å². The van der Waals surface area contributed by atoms with Crippen LogP contribution in [0.3, 0.4) is 0 Å². The minimum atomic E-state index is -5.08. The van der Waals surface area contributed by atoms with Crippen molar-refractivity contribution in [1.29, 1.82) is 0 Å². The van der Waals surface area contributed by atoms with Crippen LogP contribution in [0.2, 0.25) is 0 Å². The van der Waals surface area contributed by atoms with Gasteiger partial charge < -0.3 is 24.2 Å². The molecule has 2 aromatic rings. The van der Waals surface area contributed by atoms with E-state index in [1.165, 1.54) is 6.33 Å². The van der Waals surface area contributed by atoms with Crippen LogP contribution >= 0.6 is 0 Å². The lowest BCUT2D eigenvalue weighted by atomic mass is 10.0. The highest BCUT2D eigenvalue weighted by Crippen LogP contribution is 2.34. The van der Waals surface area contributed by atoms with Crippen LogP contribution in [0, 0.1) is 0 Å². The summed E-state index contributed by atoms with van der Waals surface area (Å²) >= 11 is 0. The molecule has 168 valence electrons. The number of aromatic nitrogens is 3. The first-order chi connectivity index (χ1) is 14.8. The van der Waals surface area contributed by atoms with Gasteiger partial charge in [0.15, 0.2) is 0 Å². The Balaban J connectivity index is 0.000000339. The van der Waals surface area contributed by atoms with Gasteiger partial charge >= 0.3 is 12.1 Å². The zero-order valence-corrected chi connectivity index (χ0v) is 16.5. The Kier molecular flexibility index (Phi) is 7.10. The Morgan fingerprint density at radius 3 is 2.68 bits per heavy atom. The molecule has 0 unspecified atom stereocenters. The van der Waals surface area contributed by atoms with Gasteiger partial charge in [0.1, 0.15) is 24.4 Å². The minimum absolute atomic E-state index is 0.0155. The largest absolute Gasteiger partial charge is 0.490 e. The maximum absolute atomic E-state index is 10.6. The molecule has 2 aliphatic heterocycles. The van der Waals surface area contributed by atoms with Gasteiger partial charge in [-0.3, -0.25) is 0 Å². The Morgan fingerprint density at radius 2 is 2.03 bits per heavy atom. The summed E-state index contributed by atoms with van der Waals surface area (Å²) in [6.07, 6.45) is 0.207. The number of hydrogen-bond acceptors (Lipinski definition) is 8. The average molecular weight is 442 g/mol. The Hall–Kier alpha value is -3.15. The number of methoxy groups -OCH3 is 1. The molecule has 1 N–H and O–H groups in total. The SMILES string of the molecule is COc1cc(N2C[C@H](Oc3ccccn3)[C@H]3OCCC[C@H]32)ncn1.O=C(O)C(F)(F)F. The molecule has 31 heavy (non-hydrogen) atoms. The number of carboxylic acids is 1. The molecule has 4 heterocycles. The summed E-state index contributed by atoms with van der Waals surface area (Å²) in [5.74, 6) is -0.734. The first kappa shape index (κ1) is 22.5. The summed E-state index contributed by atoms with van der Waals surface area (Å²) in [4.78, 5) is 23.9. The van der Waals surface area contributed by atoms with Crippen molar-refractivity contribution in [3.05, 3.63) is 36.8 Å². The number of pyridine rings is 1. The second kappa shape index (κ2) is 9.77. The van der Waals surface area contributed by atoms with Gasteiger partial charge in [0.05, 0.1) is 19.7 Å². The van der Waals surface area contributed by atoms with Crippen molar-refractivity contribution in [3.63, 3.8) is 0 Å². The third-order valence-corrected chi connectivity index (χ3v) is 4.76. The van der Waals surface area contributed by atoms with Crippen molar-refractivity contribution in [3.8, 4) is 11.8 Å². The highest BCUT2D eigenvalue weighted by molar-refractivity contribution is 5.73. The summed E-state index contributed by atoms with van der Waals surface area (Å²) < 4.78 is 49.1. The smallest absolute Gasteiger partial charge is 0.481 e. The molecule has 12 heteroatoms. The number of nitrogens with zero attached hydrogens (tertiary/aromatic N) is 4. The number of fused-ring (bicyclic) bond motifs is 1. The van der Waals surface area contributed by atoms with Gasteiger partial charge in [-0.1, -0.05) is 6.07 Å². The number of rotatable bonds is 4. The fraction of sp³-hybridized carbons (Fsp3) is 0.474. The summed E-state index contributed by atoms with van der Waals surface area (Å²) in [7, 11) is 1.61. The highest BCUT2D eigenvalue weighted by Gasteiger charge is 2.46. The first-order valence-corrected chi connectivity index (χ1v) is 9.41. The van der Waals surface area contributed by atoms with Gasteiger partial charge in [-0.15, -0.1) is 0 Å². The van der Waals surface area contributed by atoms with Gasteiger partial charge in [0.2, 0.25) is 11.8 Å². The monoisotopic (exact) mass is 442 g/mol. The molecule has 0 amide bonds. The lowest BCUT2D eigenvalue weighted by Gasteiger charge is -2.32.